The number of nitrogens with one attached hydrogen (secondary N) is 1. The quantitative estimate of drug-likeness (QED) is 0.663. The van der Waals surface area contributed by atoms with Crippen molar-refractivity contribution >= 4 is 0 Å². The molecule has 1 N–H and O–H groups in total. The van der Waals surface area contributed by atoms with Gasteiger partial charge >= 0.3 is 19.1 Å². The van der Waals surface area contributed by atoms with Gasteiger partial charge in [0, 0.05) is 6.04 Å². The monoisotopic (exact) mass is 413 g/mol. The molecule has 4 nitrogen and oxygen atoms in total. The zero-order chi connectivity index (χ0) is 20.6. The molecule has 0 saturated heterocycles. The second kappa shape index (κ2) is 7.17. The highest BCUT2D eigenvalue weighted by Crippen LogP contribution is 2.49. The Balaban J connectivity index is 2.61. The fraction of sp³-hybridized carbons (Fsp3) is 0.571. The average Bonchev–Trinajstić information content (AvgIpc) is 3.23. The van der Waals surface area contributed by atoms with Crippen LogP contribution in [0.25, 0.3) is 0 Å². The highest BCUT2D eigenvalue weighted by molar-refractivity contribution is 5.55. The summed E-state index contributed by atoms with van der Waals surface area (Å²) < 4.78 is 123. The minimum absolute atomic E-state index is 0.109. The topological polar surface area (TPSA) is 39.7 Å². The van der Waals surface area contributed by atoms with Crippen LogP contribution in [-0.4, -0.2) is 26.1 Å². The van der Waals surface area contributed by atoms with E-state index in [1.54, 1.807) is 0 Å². The lowest BCUT2D eigenvalue weighted by atomic mass is 10.0. The normalized spacial score (nSPS) is 16.8. The van der Waals surface area contributed by atoms with Crippen molar-refractivity contribution in [1.29, 1.82) is 0 Å². The van der Waals surface area contributed by atoms with Crippen LogP contribution in [0, 0.1) is 5.92 Å². The van der Waals surface area contributed by atoms with Gasteiger partial charge in [-0.05, 0) is 43.5 Å². The molecule has 27 heavy (non-hydrogen) atoms. The van der Waals surface area contributed by atoms with Crippen LogP contribution in [0.15, 0.2) is 12.1 Å². The first-order chi connectivity index (χ1) is 12.2. The Labute approximate surface area is 146 Å². The first kappa shape index (κ1) is 21.3. The van der Waals surface area contributed by atoms with Crippen LogP contribution in [-0.2, 0) is 0 Å². The van der Waals surface area contributed by atoms with Gasteiger partial charge in [0.25, 0.3) is 0 Å². The number of benzene rings is 1. The lowest BCUT2D eigenvalue weighted by Crippen LogP contribution is -2.25. The fourth-order valence-corrected chi connectivity index (χ4v) is 2.50. The third-order valence-electron chi connectivity index (χ3n) is 3.48. The maximum absolute atomic E-state index is 12.6. The average molecular weight is 413 g/mol. The van der Waals surface area contributed by atoms with Gasteiger partial charge in [-0.25, -0.2) is 0 Å². The molecule has 1 unspecified atom stereocenters. The summed E-state index contributed by atoms with van der Waals surface area (Å²) in [6, 6.07) is 0.366. The molecular weight excluding hydrogens is 401 g/mol. The zero-order valence-electron chi connectivity index (χ0n) is 13.4. The van der Waals surface area contributed by atoms with Gasteiger partial charge in [0.1, 0.15) is 0 Å². The smallest absolute Gasteiger partial charge is 0.402 e. The Morgan fingerprint density at radius 1 is 0.815 bits per heavy atom. The molecule has 1 aliphatic carbocycles. The van der Waals surface area contributed by atoms with Gasteiger partial charge in [-0.3, -0.25) is 0 Å². The summed E-state index contributed by atoms with van der Waals surface area (Å²) in [4.78, 5) is 0. The molecule has 13 heteroatoms. The first-order valence-electron chi connectivity index (χ1n) is 7.31. The largest absolute Gasteiger partial charge is 0.573 e. The third-order valence-corrected chi connectivity index (χ3v) is 3.48. The molecule has 0 aliphatic heterocycles. The van der Waals surface area contributed by atoms with Crippen LogP contribution in [0.4, 0.5) is 39.5 Å². The molecule has 1 fully saturated rings. The number of rotatable bonds is 6. The number of hydrogen-bond donors (Lipinski definition) is 1. The summed E-state index contributed by atoms with van der Waals surface area (Å²) in [5, 5.41) is 2.69. The van der Waals surface area contributed by atoms with E-state index in [1.807, 2.05) is 0 Å². The fourth-order valence-electron chi connectivity index (χ4n) is 2.50. The van der Waals surface area contributed by atoms with Crippen molar-refractivity contribution in [3.8, 4) is 17.2 Å². The summed E-state index contributed by atoms with van der Waals surface area (Å²) in [6.45, 7) is 0. The zero-order valence-corrected chi connectivity index (χ0v) is 13.4. The summed E-state index contributed by atoms with van der Waals surface area (Å²) in [5.74, 6) is -5.19. The lowest BCUT2D eigenvalue weighted by Gasteiger charge is -2.23. The maximum atomic E-state index is 12.6. The molecule has 1 aliphatic rings. The summed E-state index contributed by atoms with van der Waals surface area (Å²) in [5.41, 5.74) is -0.173. The van der Waals surface area contributed by atoms with E-state index >= 15 is 0 Å². The Bertz CT molecular complexity index is 628. The van der Waals surface area contributed by atoms with Crippen LogP contribution in [0.5, 0.6) is 17.2 Å². The van der Waals surface area contributed by atoms with Crippen molar-refractivity contribution in [2.24, 2.45) is 5.92 Å². The number of hydrogen-bond acceptors (Lipinski definition) is 4. The van der Waals surface area contributed by atoms with Gasteiger partial charge in [0.15, 0.2) is 11.5 Å². The summed E-state index contributed by atoms with van der Waals surface area (Å²) in [6.07, 6.45) is -15.3. The standard InChI is InChI=1S/C14H12F9NO3/c1-24-10(6-2-3-6)7-4-8(25-12(15,16)17)11(27-14(21,22)23)9(5-7)26-13(18,19)20/h4-6,10,24H,2-3H2,1H3. The minimum Gasteiger partial charge on any atom is -0.402 e. The van der Waals surface area contributed by atoms with Crippen molar-refractivity contribution in [1.82, 2.24) is 5.32 Å². The minimum atomic E-state index is -5.59. The van der Waals surface area contributed by atoms with E-state index in [1.165, 1.54) is 7.05 Å². The van der Waals surface area contributed by atoms with Gasteiger partial charge in [0.2, 0.25) is 5.75 Å². The highest BCUT2D eigenvalue weighted by atomic mass is 19.4. The second-order valence-electron chi connectivity index (χ2n) is 5.59. The van der Waals surface area contributed by atoms with Crippen molar-refractivity contribution in [3.05, 3.63) is 17.7 Å². The predicted molar refractivity (Wildman–Crippen MR) is 71.0 cm³/mol. The molecule has 0 bridgehead atoms. The molecule has 1 aromatic carbocycles. The van der Waals surface area contributed by atoms with Crippen molar-refractivity contribution in [2.45, 2.75) is 38.0 Å². The van der Waals surface area contributed by atoms with Gasteiger partial charge in [-0.1, -0.05) is 0 Å². The highest BCUT2D eigenvalue weighted by Gasteiger charge is 2.42. The molecule has 2 rings (SSSR count). The molecule has 0 amide bonds. The molecule has 0 aromatic heterocycles. The molecule has 0 spiro atoms. The number of halogens is 9. The van der Waals surface area contributed by atoms with Crippen molar-refractivity contribution < 1.29 is 53.7 Å². The Morgan fingerprint density at radius 3 is 1.52 bits per heavy atom. The SMILES string of the molecule is CNC(c1cc(OC(F)(F)F)c(OC(F)(F)F)c(OC(F)(F)F)c1)C1CC1. The lowest BCUT2D eigenvalue weighted by molar-refractivity contribution is -0.293. The molecule has 0 heterocycles. The van der Waals surface area contributed by atoms with Crippen molar-refractivity contribution in [2.75, 3.05) is 7.05 Å². The number of alkyl halides is 9. The van der Waals surface area contributed by atoms with E-state index in [0.717, 1.165) is 0 Å². The molecular formula is C14H12F9NO3. The van der Waals surface area contributed by atoms with Gasteiger partial charge in [-0.15, -0.1) is 39.5 Å². The van der Waals surface area contributed by atoms with E-state index in [9.17, 15) is 39.5 Å². The predicted octanol–water partition coefficient (Wildman–Crippen LogP) is 5.05. The molecule has 1 atom stereocenters. The summed E-state index contributed by atoms with van der Waals surface area (Å²) in [7, 11) is 1.40. The van der Waals surface area contributed by atoms with Crippen LogP contribution >= 0.6 is 0 Å². The Kier molecular flexibility index (Phi) is 5.64. The van der Waals surface area contributed by atoms with Crippen LogP contribution in [0.2, 0.25) is 0 Å². The Morgan fingerprint density at radius 2 is 1.22 bits per heavy atom. The van der Waals surface area contributed by atoms with Gasteiger partial charge in [0.05, 0.1) is 0 Å². The van der Waals surface area contributed by atoms with E-state index in [0.29, 0.717) is 25.0 Å². The van der Waals surface area contributed by atoms with Gasteiger partial charge in [-0.2, -0.15) is 0 Å². The molecule has 0 radical (unpaired) electrons. The molecule has 1 aromatic rings. The molecule has 1 saturated carbocycles. The van der Waals surface area contributed by atoms with Crippen molar-refractivity contribution in [3.63, 3.8) is 0 Å². The maximum Gasteiger partial charge on any atom is 0.573 e. The molecule has 154 valence electrons. The van der Waals surface area contributed by atoms with Gasteiger partial charge < -0.3 is 19.5 Å². The Hall–Kier alpha value is -2.05. The van der Waals surface area contributed by atoms with Crippen LogP contribution in [0.1, 0.15) is 24.4 Å². The third kappa shape index (κ3) is 6.56. The van der Waals surface area contributed by atoms with Crippen LogP contribution < -0.4 is 19.5 Å². The number of ether oxygens (including phenoxy) is 3. The first-order valence-corrected chi connectivity index (χ1v) is 7.31. The van der Waals surface area contributed by atoms with E-state index in [2.05, 4.69) is 19.5 Å². The van der Waals surface area contributed by atoms with E-state index in [4.69, 9.17) is 0 Å². The second-order valence-corrected chi connectivity index (χ2v) is 5.59. The van der Waals surface area contributed by atoms with E-state index in [-0.39, 0.29) is 11.5 Å². The summed E-state index contributed by atoms with van der Waals surface area (Å²) >= 11 is 0. The van der Waals surface area contributed by atoms with Crippen LogP contribution in [0.3, 0.4) is 0 Å². The van der Waals surface area contributed by atoms with E-state index < -0.39 is 42.4 Å².